The number of aliphatic hydroxyl groups is 1. The molecule has 0 saturated carbocycles. The largest absolute Gasteiger partial charge is 0.395 e. The normalized spacial score (nSPS) is 12.8. The highest BCUT2D eigenvalue weighted by molar-refractivity contribution is 7.89. The third kappa shape index (κ3) is 6.30. The monoisotopic (exact) mass is 309 g/mol. The summed E-state index contributed by atoms with van der Waals surface area (Å²) in [7, 11) is -3.49. The Morgan fingerprint density at radius 1 is 1.19 bits per heavy atom. The molecule has 0 aliphatic heterocycles. The predicted molar refractivity (Wildman–Crippen MR) is 84.3 cm³/mol. The Hall–Kier alpha value is -1.35. The van der Waals surface area contributed by atoms with Gasteiger partial charge < -0.3 is 5.11 Å². The number of nitrogens with one attached hydrogen (secondary N) is 1. The van der Waals surface area contributed by atoms with Gasteiger partial charge in [-0.05, 0) is 43.5 Å². The zero-order chi connectivity index (χ0) is 15.9. The number of aliphatic hydroxyl groups excluding tert-OH is 1. The van der Waals surface area contributed by atoms with E-state index in [1.807, 2.05) is 6.92 Å². The molecule has 1 atom stereocenters. The zero-order valence-electron chi connectivity index (χ0n) is 12.8. The molecule has 0 aliphatic carbocycles. The number of sulfonamides is 1. The minimum Gasteiger partial charge on any atom is -0.395 e. The van der Waals surface area contributed by atoms with Crippen molar-refractivity contribution in [3.63, 3.8) is 0 Å². The van der Waals surface area contributed by atoms with Crippen LogP contribution in [0.3, 0.4) is 0 Å². The van der Waals surface area contributed by atoms with Crippen LogP contribution in [0, 0.1) is 17.8 Å². The van der Waals surface area contributed by atoms with Gasteiger partial charge in [-0.2, -0.15) is 0 Å². The lowest BCUT2D eigenvalue weighted by atomic mass is 10.1. The summed E-state index contributed by atoms with van der Waals surface area (Å²) in [6, 6.07) is 6.35. The molecule has 0 heterocycles. The Morgan fingerprint density at radius 3 is 2.33 bits per heavy atom. The van der Waals surface area contributed by atoms with Gasteiger partial charge >= 0.3 is 0 Å². The number of hydrogen-bond donors (Lipinski definition) is 2. The molecule has 116 valence electrons. The van der Waals surface area contributed by atoms with Crippen molar-refractivity contribution in [1.29, 1.82) is 0 Å². The summed E-state index contributed by atoms with van der Waals surface area (Å²) in [5, 5.41) is 8.65. The molecule has 0 amide bonds. The average Bonchev–Trinajstić information content (AvgIpc) is 2.38. The van der Waals surface area contributed by atoms with Gasteiger partial charge in [0.2, 0.25) is 10.0 Å². The van der Waals surface area contributed by atoms with Crippen LogP contribution < -0.4 is 4.72 Å². The highest BCUT2D eigenvalue weighted by atomic mass is 32.2. The summed E-state index contributed by atoms with van der Waals surface area (Å²) < 4.78 is 27.1. The van der Waals surface area contributed by atoms with Crippen LogP contribution in [-0.4, -0.2) is 26.2 Å². The Morgan fingerprint density at radius 2 is 1.81 bits per heavy atom. The molecule has 0 fully saturated rings. The molecule has 4 nitrogen and oxygen atoms in total. The fourth-order valence-corrected chi connectivity index (χ4v) is 3.28. The van der Waals surface area contributed by atoms with Crippen molar-refractivity contribution in [2.75, 3.05) is 6.61 Å². The van der Waals surface area contributed by atoms with Crippen molar-refractivity contribution in [2.24, 2.45) is 5.92 Å². The fraction of sp³-hybridized carbons (Fsp3) is 0.500. The summed E-state index contributed by atoms with van der Waals surface area (Å²) in [6.07, 6.45) is 1.21. The second-order valence-electron chi connectivity index (χ2n) is 5.45. The van der Waals surface area contributed by atoms with Crippen molar-refractivity contribution >= 4 is 10.0 Å². The van der Waals surface area contributed by atoms with Gasteiger partial charge in [-0.15, -0.1) is 0 Å². The van der Waals surface area contributed by atoms with Gasteiger partial charge in [0.25, 0.3) is 0 Å². The molecular weight excluding hydrogens is 286 g/mol. The fourth-order valence-electron chi connectivity index (χ4n) is 2.03. The molecule has 0 bridgehead atoms. The van der Waals surface area contributed by atoms with Crippen LogP contribution in [0.15, 0.2) is 29.2 Å². The quantitative estimate of drug-likeness (QED) is 0.791. The predicted octanol–water partition coefficient (Wildman–Crippen LogP) is 2.13. The van der Waals surface area contributed by atoms with Crippen LogP contribution in [0.2, 0.25) is 0 Å². The first-order chi connectivity index (χ1) is 9.85. The number of rotatable bonds is 6. The molecule has 1 unspecified atom stereocenters. The molecule has 0 saturated heterocycles. The van der Waals surface area contributed by atoms with E-state index in [9.17, 15) is 8.42 Å². The molecule has 0 aliphatic rings. The topological polar surface area (TPSA) is 66.4 Å². The number of benzene rings is 1. The van der Waals surface area contributed by atoms with E-state index < -0.39 is 10.0 Å². The second kappa shape index (κ2) is 8.18. The first kappa shape index (κ1) is 17.7. The molecule has 21 heavy (non-hydrogen) atoms. The maximum atomic E-state index is 12.2. The molecule has 0 spiro atoms. The lowest BCUT2D eigenvalue weighted by Gasteiger charge is -2.16. The van der Waals surface area contributed by atoms with E-state index in [4.69, 9.17) is 5.11 Å². The minimum absolute atomic E-state index is 0.0249. The summed E-state index contributed by atoms with van der Waals surface area (Å²) in [5.41, 5.74) is 0.734. The van der Waals surface area contributed by atoms with Crippen molar-refractivity contribution in [2.45, 2.75) is 44.6 Å². The summed E-state index contributed by atoms with van der Waals surface area (Å²) in [4.78, 5) is 0.241. The molecule has 5 heteroatoms. The van der Waals surface area contributed by atoms with Gasteiger partial charge in [-0.1, -0.05) is 25.7 Å². The van der Waals surface area contributed by atoms with Crippen LogP contribution in [0.1, 0.15) is 39.2 Å². The van der Waals surface area contributed by atoms with Gasteiger partial charge in [0.15, 0.2) is 0 Å². The van der Waals surface area contributed by atoms with Crippen LogP contribution >= 0.6 is 0 Å². The standard InChI is InChI=1S/C16H23NO3S/c1-13(2)12-14(3)17-21(19,20)16-9-7-15(8-10-16)6-4-5-11-18/h7-10,13-14,17-18H,5,11-12H2,1-3H3. The summed E-state index contributed by atoms with van der Waals surface area (Å²) in [6.45, 7) is 6.01. The molecule has 1 aromatic rings. The smallest absolute Gasteiger partial charge is 0.240 e. The summed E-state index contributed by atoms with van der Waals surface area (Å²) in [5.74, 6) is 6.10. The van der Waals surface area contributed by atoms with E-state index in [1.165, 1.54) is 0 Å². The van der Waals surface area contributed by atoms with Gasteiger partial charge in [0, 0.05) is 18.0 Å². The van der Waals surface area contributed by atoms with E-state index in [2.05, 4.69) is 30.4 Å². The van der Waals surface area contributed by atoms with Crippen molar-refractivity contribution < 1.29 is 13.5 Å². The van der Waals surface area contributed by atoms with E-state index in [0.29, 0.717) is 12.3 Å². The molecular formula is C16H23NO3S. The maximum absolute atomic E-state index is 12.2. The first-order valence-corrected chi connectivity index (χ1v) is 8.55. The van der Waals surface area contributed by atoms with E-state index >= 15 is 0 Å². The summed E-state index contributed by atoms with van der Waals surface area (Å²) >= 11 is 0. The molecule has 0 radical (unpaired) electrons. The Labute approximate surface area is 127 Å². The first-order valence-electron chi connectivity index (χ1n) is 7.07. The molecule has 0 aromatic heterocycles. The SMILES string of the molecule is CC(C)CC(C)NS(=O)(=O)c1ccc(C#CCCO)cc1. The van der Waals surface area contributed by atoms with Gasteiger partial charge in [-0.25, -0.2) is 13.1 Å². The van der Waals surface area contributed by atoms with Crippen molar-refractivity contribution in [1.82, 2.24) is 4.72 Å². The van der Waals surface area contributed by atoms with Crippen LogP contribution in [0.25, 0.3) is 0 Å². The van der Waals surface area contributed by atoms with Crippen LogP contribution in [0.4, 0.5) is 0 Å². The second-order valence-corrected chi connectivity index (χ2v) is 7.17. The average molecular weight is 309 g/mol. The molecule has 1 rings (SSSR count). The van der Waals surface area contributed by atoms with Crippen LogP contribution in [0.5, 0.6) is 0 Å². The lowest BCUT2D eigenvalue weighted by molar-refractivity contribution is 0.305. The third-order valence-electron chi connectivity index (χ3n) is 2.82. The highest BCUT2D eigenvalue weighted by Gasteiger charge is 2.17. The highest BCUT2D eigenvalue weighted by Crippen LogP contribution is 2.12. The Bertz CT molecular complexity index is 595. The molecule has 2 N–H and O–H groups in total. The van der Waals surface area contributed by atoms with E-state index in [0.717, 1.165) is 12.0 Å². The van der Waals surface area contributed by atoms with E-state index in [-0.39, 0.29) is 17.5 Å². The Balaban J connectivity index is 2.78. The van der Waals surface area contributed by atoms with E-state index in [1.54, 1.807) is 24.3 Å². The number of hydrogen-bond acceptors (Lipinski definition) is 3. The van der Waals surface area contributed by atoms with Gasteiger partial charge in [0.1, 0.15) is 0 Å². The maximum Gasteiger partial charge on any atom is 0.240 e. The van der Waals surface area contributed by atoms with Crippen LogP contribution in [-0.2, 0) is 10.0 Å². The van der Waals surface area contributed by atoms with Gasteiger partial charge in [0.05, 0.1) is 11.5 Å². The zero-order valence-corrected chi connectivity index (χ0v) is 13.6. The minimum atomic E-state index is -3.49. The van der Waals surface area contributed by atoms with Crippen molar-refractivity contribution in [3.05, 3.63) is 29.8 Å². The van der Waals surface area contributed by atoms with Crippen molar-refractivity contribution in [3.8, 4) is 11.8 Å². The Kier molecular flexibility index (Phi) is 6.90. The van der Waals surface area contributed by atoms with Gasteiger partial charge in [-0.3, -0.25) is 0 Å². The lowest BCUT2D eigenvalue weighted by Crippen LogP contribution is -2.33. The molecule has 1 aromatic carbocycles. The third-order valence-corrected chi connectivity index (χ3v) is 4.42.